The van der Waals surface area contributed by atoms with Gasteiger partial charge in [0.1, 0.15) is 5.69 Å². The fourth-order valence-electron chi connectivity index (χ4n) is 1.23. The Bertz CT molecular complexity index is 440. The highest BCUT2D eigenvalue weighted by molar-refractivity contribution is 6.31. The molecule has 0 amide bonds. The van der Waals surface area contributed by atoms with Gasteiger partial charge >= 0.3 is 0 Å². The Morgan fingerprint density at radius 1 is 1.69 bits per heavy atom. The Hall–Kier alpha value is -1.73. The van der Waals surface area contributed by atoms with Crippen molar-refractivity contribution < 1.29 is 4.92 Å². The van der Waals surface area contributed by atoms with E-state index in [1.807, 2.05) is 6.92 Å². The van der Waals surface area contributed by atoms with Crippen molar-refractivity contribution in [3.05, 3.63) is 33.3 Å². The van der Waals surface area contributed by atoms with E-state index in [1.54, 1.807) is 0 Å². The van der Waals surface area contributed by atoms with Gasteiger partial charge in [0, 0.05) is 11.1 Å². The van der Waals surface area contributed by atoms with Crippen molar-refractivity contribution in [1.29, 1.82) is 0 Å². The number of anilines is 1. The smallest absolute Gasteiger partial charge is 0.292 e. The average molecular weight is 239 g/mol. The maximum absolute atomic E-state index is 10.8. The van der Waals surface area contributed by atoms with E-state index in [2.05, 4.69) is 11.2 Å². The monoisotopic (exact) mass is 238 g/mol. The zero-order valence-electron chi connectivity index (χ0n) is 8.74. The number of nitro benzene ring substituents is 1. The van der Waals surface area contributed by atoms with Crippen LogP contribution in [0.15, 0.2) is 18.2 Å². The summed E-state index contributed by atoms with van der Waals surface area (Å²) in [7, 11) is 0. The SMILES string of the molecule is C#CC(CC)Nc1cc(Cl)ccc1[N+](=O)[O-]. The van der Waals surface area contributed by atoms with Crippen molar-refractivity contribution in [1.82, 2.24) is 0 Å². The number of nitrogens with one attached hydrogen (secondary N) is 1. The molecular weight excluding hydrogens is 228 g/mol. The molecule has 0 saturated heterocycles. The number of nitro groups is 1. The molecule has 0 aliphatic carbocycles. The topological polar surface area (TPSA) is 55.2 Å². The molecule has 0 radical (unpaired) electrons. The molecule has 16 heavy (non-hydrogen) atoms. The molecule has 5 heteroatoms. The van der Waals surface area contributed by atoms with Gasteiger partial charge in [-0.15, -0.1) is 6.42 Å². The zero-order valence-corrected chi connectivity index (χ0v) is 9.49. The Kier molecular flexibility index (Phi) is 4.15. The van der Waals surface area contributed by atoms with E-state index in [4.69, 9.17) is 18.0 Å². The Balaban J connectivity index is 3.06. The molecular formula is C11H11ClN2O2. The van der Waals surface area contributed by atoms with Gasteiger partial charge in [0.15, 0.2) is 0 Å². The zero-order chi connectivity index (χ0) is 12.1. The van der Waals surface area contributed by atoms with E-state index in [0.717, 1.165) is 0 Å². The Morgan fingerprint density at radius 2 is 2.38 bits per heavy atom. The number of hydrogen-bond donors (Lipinski definition) is 1. The van der Waals surface area contributed by atoms with Crippen LogP contribution in [-0.4, -0.2) is 11.0 Å². The predicted octanol–water partition coefficient (Wildman–Crippen LogP) is 3.07. The number of terminal acetylenes is 1. The van der Waals surface area contributed by atoms with Crippen LogP contribution in [0.3, 0.4) is 0 Å². The normalized spacial score (nSPS) is 11.6. The molecule has 1 atom stereocenters. The van der Waals surface area contributed by atoms with Gasteiger partial charge in [0.05, 0.1) is 11.0 Å². The van der Waals surface area contributed by atoms with Crippen LogP contribution in [0.1, 0.15) is 13.3 Å². The lowest BCUT2D eigenvalue weighted by molar-refractivity contribution is -0.384. The van der Waals surface area contributed by atoms with Gasteiger partial charge < -0.3 is 5.32 Å². The van der Waals surface area contributed by atoms with Crippen molar-refractivity contribution in [2.24, 2.45) is 0 Å². The molecule has 0 saturated carbocycles. The minimum atomic E-state index is -0.470. The molecule has 1 aromatic carbocycles. The molecule has 1 unspecified atom stereocenters. The minimum Gasteiger partial charge on any atom is -0.366 e. The van der Waals surface area contributed by atoms with Gasteiger partial charge in [-0.2, -0.15) is 0 Å². The van der Waals surface area contributed by atoms with Gasteiger partial charge in [-0.3, -0.25) is 10.1 Å². The lowest BCUT2D eigenvalue weighted by Crippen LogP contribution is -2.16. The van der Waals surface area contributed by atoms with Crippen molar-refractivity contribution >= 4 is 23.0 Å². The van der Waals surface area contributed by atoms with E-state index in [1.165, 1.54) is 18.2 Å². The summed E-state index contributed by atoms with van der Waals surface area (Å²) in [5, 5.41) is 14.1. The van der Waals surface area contributed by atoms with Crippen LogP contribution in [0.25, 0.3) is 0 Å². The summed E-state index contributed by atoms with van der Waals surface area (Å²) < 4.78 is 0. The highest BCUT2D eigenvalue weighted by Crippen LogP contribution is 2.28. The quantitative estimate of drug-likeness (QED) is 0.498. The summed E-state index contributed by atoms with van der Waals surface area (Å²) in [6, 6.07) is 4.09. The maximum Gasteiger partial charge on any atom is 0.292 e. The number of halogens is 1. The first-order valence-electron chi connectivity index (χ1n) is 4.75. The third-order valence-electron chi connectivity index (χ3n) is 2.09. The van der Waals surface area contributed by atoms with Crippen LogP contribution >= 0.6 is 11.6 Å². The van der Waals surface area contributed by atoms with Gasteiger partial charge in [0.25, 0.3) is 5.69 Å². The van der Waals surface area contributed by atoms with E-state index < -0.39 is 4.92 Å². The van der Waals surface area contributed by atoms with Gasteiger partial charge in [-0.25, -0.2) is 0 Å². The molecule has 0 fully saturated rings. The van der Waals surface area contributed by atoms with Crippen LogP contribution in [0.4, 0.5) is 11.4 Å². The number of benzene rings is 1. The summed E-state index contributed by atoms with van der Waals surface area (Å²) >= 11 is 5.78. The summed E-state index contributed by atoms with van der Waals surface area (Å²) in [4.78, 5) is 10.3. The molecule has 1 N–H and O–H groups in total. The molecule has 0 aromatic heterocycles. The fraction of sp³-hybridized carbons (Fsp3) is 0.273. The molecule has 0 spiro atoms. The van der Waals surface area contributed by atoms with Gasteiger partial charge in [-0.05, 0) is 18.6 Å². The van der Waals surface area contributed by atoms with Crippen LogP contribution in [0.5, 0.6) is 0 Å². The average Bonchev–Trinajstić information content (AvgIpc) is 2.25. The first-order chi connectivity index (χ1) is 7.58. The molecule has 0 heterocycles. The largest absolute Gasteiger partial charge is 0.366 e. The molecule has 0 aliphatic heterocycles. The summed E-state index contributed by atoms with van der Waals surface area (Å²) in [5.41, 5.74) is 0.320. The molecule has 0 bridgehead atoms. The molecule has 0 aliphatic rings. The number of hydrogen-bond acceptors (Lipinski definition) is 3. The van der Waals surface area contributed by atoms with Crippen molar-refractivity contribution in [2.75, 3.05) is 5.32 Å². The van der Waals surface area contributed by atoms with E-state index in [9.17, 15) is 10.1 Å². The Labute approximate surface area is 98.8 Å². The maximum atomic E-state index is 10.8. The van der Waals surface area contributed by atoms with Gasteiger partial charge in [-0.1, -0.05) is 24.4 Å². The predicted molar refractivity (Wildman–Crippen MR) is 64.6 cm³/mol. The number of rotatable bonds is 4. The van der Waals surface area contributed by atoms with E-state index in [-0.39, 0.29) is 11.7 Å². The van der Waals surface area contributed by atoms with Crippen molar-refractivity contribution in [3.8, 4) is 12.3 Å². The standard InChI is InChI=1S/C11H11ClN2O2/c1-3-9(4-2)13-10-7-8(12)5-6-11(10)14(15)16/h1,5-7,9,13H,4H2,2H3. The van der Waals surface area contributed by atoms with E-state index >= 15 is 0 Å². The van der Waals surface area contributed by atoms with Crippen LogP contribution < -0.4 is 5.32 Å². The molecule has 1 aromatic rings. The van der Waals surface area contributed by atoms with Crippen LogP contribution in [-0.2, 0) is 0 Å². The van der Waals surface area contributed by atoms with Crippen molar-refractivity contribution in [2.45, 2.75) is 19.4 Å². The first kappa shape index (κ1) is 12.3. The lowest BCUT2D eigenvalue weighted by atomic mass is 10.2. The lowest BCUT2D eigenvalue weighted by Gasteiger charge is -2.12. The van der Waals surface area contributed by atoms with Crippen molar-refractivity contribution in [3.63, 3.8) is 0 Å². The second kappa shape index (κ2) is 5.38. The summed E-state index contributed by atoms with van der Waals surface area (Å²) in [5.74, 6) is 2.51. The molecule has 4 nitrogen and oxygen atoms in total. The summed E-state index contributed by atoms with van der Waals surface area (Å²) in [6.07, 6.45) is 5.96. The fourth-order valence-corrected chi connectivity index (χ4v) is 1.40. The third-order valence-corrected chi connectivity index (χ3v) is 2.33. The second-order valence-corrected chi connectivity index (χ2v) is 3.63. The highest BCUT2D eigenvalue weighted by atomic mass is 35.5. The minimum absolute atomic E-state index is 0.0295. The Morgan fingerprint density at radius 3 is 2.88 bits per heavy atom. The van der Waals surface area contributed by atoms with Crippen LogP contribution in [0.2, 0.25) is 5.02 Å². The highest BCUT2D eigenvalue weighted by Gasteiger charge is 2.15. The molecule has 1 rings (SSSR count). The van der Waals surface area contributed by atoms with E-state index in [0.29, 0.717) is 17.1 Å². The third kappa shape index (κ3) is 2.88. The molecule has 84 valence electrons. The van der Waals surface area contributed by atoms with Crippen LogP contribution in [0, 0.1) is 22.5 Å². The van der Waals surface area contributed by atoms with Gasteiger partial charge in [0.2, 0.25) is 0 Å². The number of nitrogens with zero attached hydrogens (tertiary/aromatic N) is 1. The first-order valence-corrected chi connectivity index (χ1v) is 5.13. The summed E-state index contributed by atoms with van der Waals surface area (Å²) in [6.45, 7) is 1.90. The second-order valence-electron chi connectivity index (χ2n) is 3.19.